The van der Waals surface area contributed by atoms with Crippen LogP contribution in [0.15, 0.2) is 66.2 Å². The van der Waals surface area contributed by atoms with Gasteiger partial charge in [0.2, 0.25) is 0 Å². The summed E-state index contributed by atoms with van der Waals surface area (Å²) in [6, 6.07) is 12.7. The smallest absolute Gasteiger partial charge is 0.269 e. The average molecular weight is 356 g/mol. The molecule has 0 bridgehead atoms. The zero-order chi connectivity index (χ0) is 18.8. The van der Waals surface area contributed by atoms with Gasteiger partial charge in [0.1, 0.15) is 5.82 Å². The van der Waals surface area contributed by atoms with E-state index in [2.05, 4.69) is 22.2 Å². The highest BCUT2D eigenvalue weighted by Crippen LogP contribution is 2.12. The third-order valence-electron chi connectivity index (χ3n) is 3.60. The van der Waals surface area contributed by atoms with Gasteiger partial charge in [0, 0.05) is 25.2 Å². The van der Waals surface area contributed by atoms with E-state index in [-0.39, 0.29) is 11.5 Å². The maximum Gasteiger partial charge on any atom is 0.269 e. The summed E-state index contributed by atoms with van der Waals surface area (Å²) < 4.78 is 12.9. The van der Waals surface area contributed by atoms with Crippen LogP contribution in [0, 0.1) is 15.9 Å². The van der Waals surface area contributed by atoms with Gasteiger partial charge in [-0.2, -0.15) is 0 Å². The number of nitrogens with one attached hydrogen (secondary N) is 2. The van der Waals surface area contributed by atoms with Crippen molar-refractivity contribution in [2.75, 3.05) is 13.1 Å². The van der Waals surface area contributed by atoms with Crippen LogP contribution in [-0.2, 0) is 13.0 Å². The molecular weight excluding hydrogens is 335 g/mol. The Labute approximate surface area is 151 Å². The Hall–Kier alpha value is -3.22. The molecular formula is C19H21FN4O2. The van der Waals surface area contributed by atoms with E-state index in [1.807, 2.05) is 0 Å². The normalized spacial score (nSPS) is 11.0. The Balaban J connectivity index is 1.92. The predicted octanol–water partition coefficient (Wildman–Crippen LogP) is 3.20. The minimum Gasteiger partial charge on any atom is -0.356 e. The Bertz CT molecular complexity index is 758. The van der Waals surface area contributed by atoms with Gasteiger partial charge < -0.3 is 10.6 Å². The number of non-ortho nitro benzene ring substituents is 1. The molecule has 0 aliphatic heterocycles. The third-order valence-corrected chi connectivity index (χ3v) is 3.60. The molecule has 136 valence electrons. The molecule has 0 amide bonds. The lowest BCUT2D eigenvalue weighted by atomic mass is 10.1. The molecule has 26 heavy (non-hydrogen) atoms. The number of hydrogen-bond acceptors (Lipinski definition) is 3. The highest BCUT2D eigenvalue weighted by atomic mass is 19.1. The van der Waals surface area contributed by atoms with E-state index < -0.39 is 4.92 Å². The van der Waals surface area contributed by atoms with Crippen LogP contribution in [0.3, 0.4) is 0 Å². The summed E-state index contributed by atoms with van der Waals surface area (Å²) in [6.45, 7) is 5.25. The number of halogens is 1. The number of nitro benzene ring substituents is 1. The van der Waals surface area contributed by atoms with Gasteiger partial charge in [0.25, 0.3) is 5.69 Å². The van der Waals surface area contributed by atoms with Gasteiger partial charge in [-0.3, -0.25) is 10.1 Å². The fourth-order valence-corrected chi connectivity index (χ4v) is 2.21. The molecule has 0 radical (unpaired) electrons. The molecule has 2 N–H and O–H groups in total. The van der Waals surface area contributed by atoms with Crippen LogP contribution >= 0.6 is 0 Å². The number of nitro groups is 1. The van der Waals surface area contributed by atoms with Crippen LogP contribution in [0.1, 0.15) is 11.1 Å². The molecule has 2 aromatic carbocycles. The molecule has 0 fully saturated rings. The van der Waals surface area contributed by atoms with Gasteiger partial charge in [-0.25, -0.2) is 9.38 Å². The molecule has 0 saturated carbocycles. The van der Waals surface area contributed by atoms with Crippen molar-refractivity contribution in [3.63, 3.8) is 0 Å². The highest BCUT2D eigenvalue weighted by Gasteiger charge is 2.04. The van der Waals surface area contributed by atoms with E-state index in [0.717, 1.165) is 17.5 Å². The summed E-state index contributed by atoms with van der Waals surface area (Å²) in [5, 5.41) is 17.0. The second kappa shape index (κ2) is 9.93. The number of nitrogens with zero attached hydrogens (tertiary/aromatic N) is 2. The Morgan fingerprint density at radius 1 is 1.12 bits per heavy atom. The zero-order valence-electron chi connectivity index (χ0n) is 14.3. The van der Waals surface area contributed by atoms with Crippen LogP contribution in [0.4, 0.5) is 10.1 Å². The fourth-order valence-electron chi connectivity index (χ4n) is 2.21. The lowest BCUT2D eigenvalue weighted by Gasteiger charge is -2.11. The molecule has 2 aromatic rings. The van der Waals surface area contributed by atoms with E-state index in [1.165, 1.54) is 24.3 Å². The van der Waals surface area contributed by atoms with Crippen molar-refractivity contribution in [3.05, 3.63) is 88.2 Å². The summed E-state index contributed by atoms with van der Waals surface area (Å²) in [5.41, 5.74) is 1.95. The maximum atomic E-state index is 12.9. The lowest BCUT2D eigenvalue weighted by Crippen LogP contribution is -2.38. The first-order valence-corrected chi connectivity index (χ1v) is 8.19. The van der Waals surface area contributed by atoms with Crippen molar-refractivity contribution < 1.29 is 9.31 Å². The molecule has 2 rings (SSSR count). The Morgan fingerprint density at radius 2 is 1.77 bits per heavy atom. The van der Waals surface area contributed by atoms with Gasteiger partial charge in [0.15, 0.2) is 5.96 Å². The summed E-state index contributed by atoms with van der Waals surface area (Å²) >= 11 is 0. The number of aliphatic imine (C=N–C) groups is 1. The molecule has 0 unspecified atom stereocenters. The molecule has 0 spiro atoms. The minimum atomic E-state index is -0.429. The molecule has 0 aliphatic rings. The molecule has 0 atom stereocenters. The van der Waals surface area contributed by atoms with Gasteiger partial charge in [-0.1, -0.05) is 30.3 Å². The summed E-state index contributed by atoms with van der Waals surface area (Å²) in [6.07, 6.45) is 2.45. The number of hydrogen-bond donors (Lipinski definition) is 2. The van der Waals surface area contributed by atoms with Crippen molar-refractivity contribution in [2.45, 2.75) is 13.0 Å². The van der Waals surface area contributed by atoms with Crippen LogP contribution in [0.2, 0.25) is 0 Å². The number of benzene rings is 2. The average Bonchev–Trinajstić information content (AvgIpc) is 2.65. The Kier molecular flexibility index (Phi) is 7.30. The second-order valence-corrected chi connectivity index (χ2v) is 5.56. The monoisotopic (exact) mass is 356 g/mol. The first-order valence-electron chi connectivity index (χ1n) is 8.19. The molecule has 0 heterocycles. The minimum absolute atomic E-state index is 0.0557. The lowest BCUT2D eigenvalue weighted by molar-refractivity contribution is -0.384. The number of guanidine groups is 1. The molecule has 6 nitrogen and oxygen atoms in total. The molecule has 7 heteroatoms. The van der Waals surface area contributed by atoms with Crippen LogP contribution in [0.25, 0.3) is 0 Å². The highest BCUT2D eigenvalue weighted by molar-refractivity contribution is 5.79. The summed E-state index contributed by atoms with van der Waals surface area (Å²) in [4.78, 5) is 14.7. The standard InChI is InChI=1S/C19H21FN4O2/c1-2-12-21-19(22-13-11-15-3-7-17(20)8-4-15)23-14-16-5-9-18(10-6-16)24(25)26/h2-10H,1,11-14H2,(H2,21,22,23). The van der Waals surface area contributed by atoms with Crippen molar-refractivity contribution >= 4 is 11.6 Å². The van der Waals surface area contributed by atoms with Crippen molar-refractivity contribution in [3.8, 4) is 0 Å². The number of rotatable bonds is 8. The summed E-state index contributed by atoms with van der Waals surface area (Å²) in [7, 11) is 0. The van der Waals surface area contributed by atoms with Gasteiger partial charge in [0.05, 0.1) is 11.5 Å². The molecule has 0 saturated heterocycles. The first kappa shape index (κ1) is 19.1. The fraction of sp³-hybridized carbons (Fsp3) is 0.211. The molecule has 0 aliphatic carbocycles. The quantitative estimate of drug-likeness (QED) is 0.250. The topological polar surface area (TPSA) is 79.6 Å². The largest absolute Gasteiger partial charge is 0.356 e. The zero-order valence-corrected chi connectivity index (χ0v) is 14.3. The van der Waals surface area contributed by atoms with E-state index in [1.54, 1.807) is 30.3 Å². The van der Waals surface area contributed by atoms with Crippen molar-refractivity contribution in [1.82, 2.24) is 10.6 Å². The third kappa shape index (κ3) is 6.35. The first-order chi connectivity index (χ1) is 12.6. The van der Waals surface area contributed by atoms with Crippen molar-refractivity contribution in [1.29, 1.82) is 0 Å². The van der Waals surface area contributed by atoms with Gasteiger partial charge in [-0.05, 0) is 29.7 Å². The maximum absolute atomic E-state index is 12.9. The van der Waals surface area contributed by atoms with Crippen LogP contribution < -0.4 is 10.6 Å². The van der Waals surface area contributed by atoms with Crippen LogP contribution in [0.5, 0.6) is 0 Å². The van der Waals surface area contributed by atoms with E-state index in [0.29, 0.717) is 25.6 Å². The predicted molar refractivity (Wildman–Crippen MR) is 101 cm³/mol. The SMILES string of the molecule is C=CCNC(=NCc1ccc([N+](=O)[O-])cc1)NCCc1ccc(F)cc1. The van der Waals surface area contributed by atoms with Gasteiger partial charge >= 0.3 is 0 Å². The van der Waals surface area contributed by atoms with Crippen molar-refractivity contribution in [2.24, 2.45) is 4.99 Å². The second-order valence-electron chi connectivity index (χ2n) is 5.56. The van der Waals surface area contributed by atoms with E-state index in [9.17, 15) is 14.5 Å². The van der Waals surface area contributed by atoms with E-state index in [4.69, 9.17) is 0 Å². The van der Waals surface area contributed by atoms with Gasteiger partial charge in [-0.15, -0.1) is 6.58 Å². The summed E-state index contributed by atoms with van der Waals surface area (Å²) in [5.74, 6) is 0.366. The van der Waals surface area contributed by atoms with Crippen LogP contribution in [-0.4, -0.2) is 24.0 Å². The van der Waals surface area contributed by atoms with E-state index >= 15 is 0 Å². The molecule has 0 aromatic heterocycles. The Morgan fingerprint density at radius 3 is 2.38 bits per heavy atom.